The maximum Gasteiger partial charge on any atom is 0.222 e. The van der Waals surface area contributed by atoms with Gasteiger partial charge in [0.05, 0.1) is 0 Å². The molecule has 3 nitrogen and oxygen atoms in total. The van der Waals surface area contributed by atoms with Gasteiger partial charge in [0.1, 0.15) is 0 Å². The summed E-state index contributed by atoms with van der Waals surface area (Å²) in [6.45, 7) is 7.94. The summed E-state index contributed by atoms with van der Waals surface area (Å²) in [5, 5.41) is 6.34. The van der Waals surface area contributed by atoms with Crippen LogP contribution in [0.1, 0.15) is 52.9 Å². The van der Waals surface area contributed by atoms with Crippen molar-refractivity contribution in [1.29, 1.82) is 0 Å². The third kappa shape index (κ3) is 6.60. The fourth-order valence-electron chi connectivity index (χ4n) is 2.70. The first-order valence-electron chi connectivity index (χ1n) is 7.14. The zero-order chi connectivity index (χ0) is 12.7. The molecule has 1 saturated carbocycles. The minimum Gasteiger partial charge on any atom is -0.354 e. The Morgan fingerprint density at radius 1 is 1.28 bits per heavy atom. The van der Waals surface area contributed by atoms with E-state index in [0.717, 1.165) is 25.4 Å². The number of carbonyl (C=O) groups excluding carboxylic acids is 1. The number of amides is 1. The number of halogens is 1. The summed E-state index contributed by atoms with van der Waals surface area (Å²) in [5.74, 6) is 1.19. The van der Waals surface area contributed by atoms with Crippen molar-refractivity contribution in [3.8, 4) is 0 Å². The SMILES string of the molecule is CCN[C@H](C)CNC(=O)C(C)CC1CCCC1.Cl. The summed E-state index contributed by atoms with van der Waals surface area (Å²) in [5.41, 5.74) is 0. The molecule has 1 aliphatic carbocycles. The minimum absolute atomic E-state index is 0. The molecule has 1 amide bonds. The van der Waals surface area contributed by atoms with E-state index in [1.807, 2.05) is 0 Å². The van der Waals surface area contributed by atoms with E-state index >= 15 is 0 Å². The number of nitrogens with one attached hydrogen (secondary N) is 2. The molecule has 1 aliphatic rings. The van der Waals surface area contributed by atoms with Crippen LogP contribution in [0.2, 0.25) is 0 Å². The molecule has 1 unspecified atom stereocenters. The highest BCUT2D eigenvalue weighted by Crippen LogP contribution is 2.30. The topological polar surface area (TPSA) is 41.1 Å². The van der Waals surface area contributed by atoms with Crippen molar-refractivity contribution >= 4 is 18.3 Å². The lowest BCUT2D eigenvalue weighted by Gasteiger charge is -2.18. The molecule has 0 bridgehead atoms. The fourth-order valence-corrected chi connectivity index (χ4v) is 2.70. The maximum absolute atomic E-state index is 11.9. The maximum atomic E-state index is 11.9. The van der Waals surface area contributed by atoms with Gasteiger partial charge in [-0.25, -0.2) is 0 Å². The third-order valence-electron chi connectivity index (χ3n) is 3.74. The second kappa shape index (κ2) is 9.62. The Morgan fingerprint density at radius 2 is 1.89 bits per heavy atom. The summed E-state index contributed by atoms with van der Waals surface area (Å²) in [4.78, 5) is 11.9. The molecule has 0 aromatic rings. The van der Waals surface area contributed by atoms with Gasteiger partial charge in [-0.15, -0.1) is 12.4 Å². The summed E-state index contributed by atoms with van der Waals surface area (Å²) < 4.78 is 0. The van der Waals surface area contributed by atoms with Crippen molar-refractivity contribution in [2.75, 3.05) is 13.1 Å². The molecule has 1 rings (SSSR count). The highest BCUT2D eigenvalue weighted by Gasteiger charge is 2.21. The van der Waals surface area contributed by atoms with Gasteiger partial charge in [0.15, 0.2) is 0 Å². The highest BCUT2D eigenvalue weighted by atomic mass is 35.5. The molecule has 1 fully saturated rings. The van der Waals surface area contributed by atoms with Gasteiger partial charge >= 0.3 is 0 Å². The average molecular weight is 277 g/mol. The monoisotopic (exact) mass is 276 g/mol. The van der Waals surface area contributed by atoms with Gasteiger partial charge in [-0.05, 0) is 25.8 Å². The molecule has 2 N–H and O–H groups in total. The van der Waals surface area contributed by atoms with Crippen LogP contribution in [0.5, 0.6) is 0 Å². The molecule has 0 radical (unpaired) electrons. The van der Waals surface area contributed by atoms with Gasteiger partial charge in [0.2, 0.25) is 5.91 Å². The molecule has 2 atom stereocenters. The van der Waals surface area contributed by atoms with Crippen LogP contribution in [0.25, 0.3) is 0 Å². The lowest BCUT2D eigenvalue weighted by atomic mass is 9.94. The second-order valence-corrected chi connectivity index (χ2v) is 5.49. The van der Waals surface area contributed by atoms with E-state index in [1.165, 1.54) is 25.7 Å². The lowest BCUT2D eigenvalue weighted by molar-refractivity contribution is -0.125. The predicted octanol–water partition coefficient (Wildman–Crippen LogP) is 2.74. The van der Waals surface area contributed by atoms with Crippen LogP contribution in [0.4, 0.5) is 0 Å². The van der Waals surface area contributed by atoms with Gasteiger partial charge in [0, 0.05) is 18.5 Å². The van der Waals surface area contributed by atoms with Crippen LogP contribution in [0, 0.1) is 11.8 Å². The van der Waals surface area contributed by atoms with Gasteiger partial charge in [-0.3, -0.25) is 4.79 Å². The molecule has 0 aromatic heterocycles. The lowest BCUT2D eigenvalue weighted by Crippen LogP contribution is -2.40. The third-order valence-corrected chi connectivity index (χ3v) is 3.74. The summed E-state index contributed by atoms with van der Waals surface area (Å²) >= 11 is 0. The normalized spacial score (nSPS) is 19.1. The molecule has 0 spiro atoms. The Balaban J connectivity index is 0.00000289. The summed E-state index contributed by atoms with van der Waals surface area (Å²) in [6.07, 6.45) is 6.44. The molecular weight excluding hydrogens is 248 g/mol. The zero-order valence-corrected chi connectivity index (χ0v) is 12.8. The Labute approximate surface area is 118 Å². The van der Waals surface area contributed by atoms with E-state index in [-0.39, 0.29) is 24.2 Å². The summed E-state index contributed by atoms with van der Waals surface area (Å²) in [7, 11) is 0. The zero-order valence-electron chi connectivity index (χ0n) is 12.0. The van der Waals surface area contributed by atoms with Crippen LogP contribution in [0.3, 0.4) is 0 Å². The molecule has 0 aliphatic heterocycles. The van der Waals surface area contributed by atoms with Gasteiger partial charge < -0.3 is 10.6 Å². The Kier molecular flexibility index (Phi) is 9.47. The Morgan fingerprint density at radius 3 is 2.44 bits per heavy atom. The van der Waals surface area contributed by atoms with Crippen molar-refractivity contribution in [3.63, 3.8) is 0 Å². The van der Waals surface area contributed by atoms with Crippen LogP contribution in [-0.4, -0.2) is 25.0 Å². The first-order chi connectivity index (χ1) is 8.13. The van der Waals surface area contributed by atoms with Crippen LogP contribution in [-0.2, 0) is 4.79 Å². The fraction of sp³-hybridized carbons (Fsp3) is 0.929. The molecule has 18 heavy (non-hydrogen) atoms. The molecule has 108 valence electrons. The van der Waals surface area contributed by atoms with Gasteiger partial charge in [0.25, 0.3) is 0 Å². The van der Waals surface area contributed by atoms with Gasteiger partial charge in [-0.1, -0.05) is 39.5 Å². The number of carbonyl (C=O) groups is 1. The van der Waals surface area contributed by atoms with Crippen LogP contribution >= 0.6 is 12.4 Å². The average Bonchev–Trinajstić information content (AvgIpc) is 2.79. The molecule has 0 aromatic carbocycles. The van der Waals surface area contributed by atoms with E-state index in [2.05, 4.69) is 31.4 Å². The number of hydrogen-bond donors (Lipinski definition) is 2. The molecule has 0 heterocycles. The quantitative estimate of drug-likeness (QED) is 0.751. The van der Waals surface area contributed by atoms with Gasteiger partial charge in [-0.2, -0.15) is 0 Å². The highest BCUT2D eigenvalue weighted by molar-refractivity contribution is 5.85. The standard InChI is InChI=1S/C14H28N2O.ClH/c1-4-15-12(3)10-16-14(17)11(2)9-13-7-5-6-8-13;/h11-13,15H,4-10H2,1-3H3,(H,16,17);1H/t11?,12-;/m1./s1. The summed E-state index contributed by atoms with van der Waals surface area (Å²) in [6, 6.07) is 0.364. The van der Waals surface area contributed by atoms with E-state index in [0.29, 0.717) is 6.04 Å². The molecule has 4 heteroatoms. The van der Waals surface area contributed by atoms with Crippen molar-refractivity contribution in [2.24, 2.45) is 11.8 Å². The van der Waals surface area contributed by atoms with E-state index in [1.54, 1.807) is 0 Å². The minimum atomic E-state index is 0. The smallest absolute Gasteiger partial charge is 0.222 e. The first-order valence-corrected chi connectivity index (χ1v) is 7.14. The van der Waals surface area contributed by atoms with E-state index in [4.69, 9.17) is 0 Å². The van der Waals surface area contributed by atoms with Crippen molar-refractivity contribution in [1.82, 2.24) is 10.6 Å². The second-order valence-electron chi connectivity index (χ2n) is 5.49. The Hall–Kier alpha value is -0.280. The molecule has 0 saturated heterocycles. The largest absolute Gasteiger partial charge is 0.354 e. The van der Waals surface area contributed by atoms with E-state index in [9.17, 15) is 4.79 Å². The van der Waals surface area contributed by atoms with Crippen molar-refractivity contribution in [3.05, 3.63) is 0 Å². The number of rotatable bonds is 7. The number of hydrogen-bond acceptors (Lipinski definition) is 2. The predicted molar refractivity (Wildman–Crippen MR) is 79.1 cm³/mol. The Bertz CT molecular complexity index is 230. The van der Waals surface area contributed by atoms with Crippen molar-refractivity contribution in [2.45, 2.75) is 58.9 Å². The van der Waals surface area contributed by atoms with Crippen LogP contribution < -0.4 is 10.6 Å². The number of likely N-dealkylation sites (N-methyl/N-ethyl adjacent to an activating group) is 1. The van der Waals surface area contributed by atoms with E-state index < -0.39 is 0 Å². The van der Waals surface area contributed by atoms with Crippen LogP contribution in [0.15, 0.2) is 0 Å². The molecular formula is C14H29ClN2O. The van der Waals surface area contributed by atoms with Crippen molar-refractivity contribution < 1.29 is 4.79 Å². The first kappa shape index (κ1) is 17.7.